The Bertz CT molecular complexity index is 414. The first-order valence-electron chi connectivity index (χ1n) is 6.37. The van der Waals surface area contributed by atoms with Gasteiger partial charge in [0.05, 0.1) is 0 Å². The first-order chi connectivity index (χ1) is 9.13. The molecule has 6 heteroatoms. The van der Waals surface area contributed by atoms with Crippen LogP contribution in [-0.4, -0.2) is 58.1 Å². The largest absolute Gasteiger partial charge is 0.491 e. The fourth-order valence-corrected chi connectivity index (χ4v) is 3.09. The highest BCUT2D eigenvalue weighted by Gasteiger charge is 2.18. The Kier molecular flexibility index (Phi) is 5.18. The van der Waals surface area contributed by atoms with Gasteiger partial charge in [0.25, 0.3) is 0 Å². The van der Waals surface area contributed by atoms with Gasteiger partial charge in [0.2, 0.25) is 0 Å². The van der Waals surface area contributed by atoms with Gasteiger partial charge in [-0.2, -0.15) is 0 Å². The molecule has 1 aromatic rings. The van der Waals surface area contributed by atoms with Gasteiger partial charge in [-0.15, -0.1) is 0 Å². The quantitative estimate of drug-likeness (QED) is 0.749. The van der Waals surface area contributed by atoms with E-state index in [1.807, 2.05) is 0 Å². The minimum Gasteiger partial charge on any atom is -0.491 e. The molecule has 0 bridgehead atoms. The van der Waals surface area contributed by atoms with Crippen LogP contribution in [0.3, 0.4) is 0 Å². The van der Waals surface area contributed by atoms with E-state index in [1.54, 1.807) is 24.3 Å². The number of nitrogens with zero attached hydrogens (tertiary/aromatic N) is 1. The molecule has 5 nitrogen and oxygen atoms in total. The molecule has 1 aliphatic rings. The zero-order valence-electron chi connectivity index (χ0n) is 10.8. The fourth-order valence-electron chi connectivity index (χ4n) is 1.97. The monoisotopic (exact) mass is 284 g/mol. The summed E-state index contributed by atoms with van der Waals surface area (Å²) in [6.45, 7) is 2.38. The van der Waals surface area contributed by atoms with Gasteiger partial charge < -0.3 is 15.6 Å². The molecule has 0 spiro atoms. The summed E-state index contributed by atoms with van der Waals surface area (Å²) < 4.78 is 16.7. The van der Waals surface area contributed by atoms with Crippen molar-refractivity contribution in [2.45, 2.75) is 6.10 Å². The van der Waals surface area contributed by atoms with Gasteiger partial charge in [0, 0.05) is 47.6 Å². The van der Waals surface area contributed by atoms with Crippen molar-refractivity contribution in [3.63, 3.8) is 0 Å². The number of aliphatic hydroxyl groups is 1. The molecule has 1 saturated heterocycles. The Labute approximate surface area is 115 Å². The maximum atomic E-state index is 11.2. The van der Waals surface area contributed by atoms with Crippen molar-refractivity contribution < 1.29 is 14.1 Å². The Balaban J connectivity index is 1.71. The lowest BCUT2D eigenvalue weighted by molar-refractivity contribution is 0.0713. The molecule has 0 radical (unpaired) electrons. The minimum atomic E-state index is -0.678. The zero-order chi connectivity index (χ0) is 13.7. The van der Waals surface area contributed by atoms with E-state index in [-0.39, 0.29) is 6.61 Å². The highest BCUT2D eigenvalue weighted by molar-refractivity contribution is 7.85. The Morgan fingerprint density at radius 1 is 1.32 bits per heavy atom. The molecule has 0 aliphatic carbocycles. The number of anilines is 1. The van der Waals surface area contributed by atoms with Crippen molar-refractivity contribution in [1.82, 2.24) is 4.90 Å². The first kappa shape index (κ1) is 14.3. The van der Waals surface area contributed by atoms with E-state index in [0.29, 0.717) is 29.5 Å². The van der Waals surface area contributed by atoms with Crippen LogP contribution in [0.25, 0.3) is 0 Å². The van der Waals surface area contributed by atoms with Gasteiger partial charge in [-0.1, -0.05) is 0 Å². The van der Waals surface area contributed by atoms with Gasteiger partial charge in [-0.25, -0.2) is 0 Å². The summed E-state index contributed by atoms with van der Waals surface area (Å²) in [5.41, 5.74) is 6.27. The second-order valence-corrected chi connectivity index (χ2v) is 6.38. The van der Waals surface area contributed by atoms with Crippen LogP contribution >= 0.6 is 0 Å². The predicted molar refractivity (Wildman–Crippen MR) is 76.7 cm³/mol. The lowest BCUT2D eigenvalue weighted by Crippen LogP contribution is -2.43. The fraction of sp³-hybridized carbons (Fsp3) is 0.538. The van der Waals surface area contributed by atoms with Gasteiger partial charge >= 0.3 is 0 Å². The van der Waals surface area contributed by atoms with Crippen molar-refractivity contribution in [3.05, 3.63) is 24.3 Å². The molecular formula is C13H20N2O3S. The van der Waals surface area contributed by atoms with Gasteiger partial charge in [0.1, 0.15) is 18.5 Å². The van der Waals surface area contributed by atoms with Crippen LogP contribution in [-0.2, 0) is 10.8 Å². The van der Waals surface area contributed by atoms with Gasteiger partial charge in [0.15, 0.2) is 0 Å². The average Bonchev–Trinajstić information content (AvgIpc) is 2.41. The number of ether oxygens (including phenoxy) is 1. The normalized spacial score (nSPS) is 19.2. The second kappa shape index (κ2) is 6.88. The van der Waals surface area contributed by atoms with E-state index in [4.69, 9.17) is 10.5 Å². The lowest BCUT2D eigenvalue weighted by Gasteiger charge is -2.28. The molecule has 0 aromatic heterocycles. The first-order valence-corrected chi connectivity index (χ1v) is 7.86. The highest BCUT2D eigenvalue weighted by Crippen LogP contribution is 2.13. The third-order valence-corrected chi connectivity index (χ3v) is 4.34. The molecule has 3 N–H and O–H groups in total. The van der Waals surface area contributed by atoms with Gasteiger partial charge in [-0.05, 0) is 24.3 Å². The molecular weight excluding hydrogens is 264 g/mol. The van der Waals surface area contributed by atoms with Crippen molar-refractivity contribution in [1.29, 1.82) is 0 Å². The Hall–Kier alpha value is -1.11. The summed E-state index contributed by atoms with van der Waals surface area (Å²) in [5, 5.41) is 9.92. The van der Waals surface area contributed by atoms with Crippen molar-refractivity contribution in [2.75, 3.05) is 43.5 Å². The van der Waals surface area contributed by atoms with Gasteiger partial charge in [-0.3, -0.25) is 9.11 Å². The number of hydrogen-bond donors (Lipinski definition) is 2. The van der Waals surface area contributed by atoms with E-state index in [2.05, 4.69) is 4.90 Å². The Morgan fingerprint density at radius 3 is 2.58 bits per heavy atom. The SMILES string of the molecule is Nc1ccc(OCC(O)CN2CCS(=O)CC2)cc1. The average molecular weight is 284 g/mol. The summed E-state index contributed by atoms with van der Waals surface area (Å²) in [6.07, 6.45) is -0.538. The number of aliphatic hydroxyl groups excluding tert-OH is 1. The van der Waals surface area contributed by atoms with Crippen LogP contribution in [0.1, 0.15) is 0 Å². The number of benzene rings is 1. The third kappa shape index (κ3) is 4.81. The summed E-state index contributed by atoms with van der Waals surface area (Å²) in [6, 6.07) is 7.10. The van der Waals surface area contributed by atoms with Crippen LogP contribution in [0.2, 0.25) is 0 Å². The molecule has 1 atom stereocenters. The summed E-state index contributed by atoms with van der Waals surface area (Å²) in [7, 11) is -0.678. The van der Waals surface area contributed by atoms with Crippen LogP contribution in [0, 0.1) is 0 Å². The van der Waals surface area contributed by atoms with E-state index >= 15 is 0 Å². The molecule has 19 heavy (non-hydrogen) atoms. The number of β-amino-alcohol motifs (C(OH)–C–C–N with tert-alkyl or cyclic N) is 1. The molecule has 0 amide bonds. The van der Waals surface area contributed by atoms with Crippen molar-refractivity contribution in [2.24, 2.45) is 0 Å². The standard InChI is InChI=1S/C13H20N2O3S/c14-11-1-3-13(4-2-11)18-10-12(16)9-15-5-7-19(17)8-6-15/h1-4,12,16H,5-10,14H2. The molecule has 1 heterocycles. The van der Waals surface area contributed by atoms with Crippen LogP contribution in [0.4, 0.5) is 5.69 Å². The predicted octanol–water partition coefficient (Wildman–Crippen LogP) is 0.0728. The highest BCUT2D eigenvalue weighted by atomic mass is 32.2. The molecule has 1 unspecified atom stereocenters. The third-order valence-electron chi connectivity index (χ3n) is 3.06. The van der Waals surface area contributed by atoms with E-state index < -0.39 is 16.9 Å². The summed E-state index contributed by atoms with van der Waals surface area (Å²) >= 11 is 0. The maximum absolute atomic E-state index is 11.2. The summed E-state index contributed by atoms with van der Waals surface area (Å²) in [4.78, 5) is 2.12. The maximum Gasteiger partial charge on any atom is 0.119 e. The minimum absolute atomic E-state index is 0.253. The topological polar surface area (TPSA) is 75.8 Å². The van der Waals surface area contributed by atoms with E-state index in [0.717, 1.165) is 13.1 Å². The molecule has 1 aromatic carbocycles. The number of nitrogen functional groups attached to an aromatic ring is 1. The molecule has 0 saturated carbocycles. The zero-order valence-corrected chi connectivity index (χ0v) is 11.6. The molecule has 1 aliphatic heterocycles. The smallest absolute Gasteiger partial charge is 0.119 e. The molecule has 106 valence electrons. The van der Waals surface area contributed by atoms with E-state index in [9.17, 15) is 9.32 Å². The van der Waals surface area contributed by atoms with Crippen LogP contribution in [0.15, 0.2) is 24.3 Å². The summed E-state index contributed by atoms with van der Waals surface area (Å²) in [5.74, 6) is 2.10. The van der Waals surface area contributed by atoms with Crippen LogP contribution < -0.4 is 10.5 Å². The van der Waals surface area contributed by atoms with E-state index in [1.165, 1.54) is 0 Å². The second-order valence-electron chi connectivity index (χ2n) is 4.68. The number of rotatable bonds is 5. The Morgan fingerprint density at radius 2 is 1.95 bits per heavy atom. The number of hydrogen-bond acceptors (Lipinski definition) is 5. The van der Waals surface area contributed by atoms with Crippen LogP contribution in [0.5, 0.6) is 5.75 Å². The molecule has 1 fully saturated rings. The number of nitrogens with two attached hydrogens (primary N) is 1. The van der Waals surface area contributed by atoms with Crippen molar-refractivity contribution >= 4 is 16.5 Å². The lowest BCUT2D eigenvalue weighted by atomic mass is 10.3. The van der Waals surface area contributed by atoms with Crippen molar-refractivity contribution in [3.8, 4) is 5.75 Å². The molecule has 2 rings (SSSR count).